The van der Waals surface area contributed by atoms with Gasteiger partial charge in [0.15, 0.2) is 0 Å². The first-order chi connectivity index (χ1) is 12.7. The zero-order valence-corrected chi connectivity index (χ0v) is 17.6. The van der Waals surface area contributed by atoms with Crippen LogP contribution in [-0.2, 0) is 6.18 Å². The third-order valence-electron chi connectivity index (χ3n) is 4.53. The Labute approximate surface area is 180 Å². The van der Waals surface area contributed by atoms with Gasteiger partial charge in [0.25, 0.3) is 5.91 Å². The van der Waals surface area contributed by atoms with E-state index in [0.717, 1.165) is 12.1 Å². The van der Waals surface area contributed by atoms with Crippen LogP contribution in [0.2, 0.25) is 0 Å². The molecule has 0 saturated carbocycles. The van der Waals surface area contributed by atoms with E-state index in [0.29, 0.717) is 36.9 Å². The van der Waals surface area contributed by atoms with Gasteiger partial charge in [-0.2, -0.15) is 13.2 Å². The third kappa shape index (κ3) is 7.06. The Hall–Kier alpha value is -2.03. The third-order valence-corrected chi connectivity index (χ3v) is 4.53. The van der Waals surface area contributed by atoms with Crippen LogP contribution in [0.15, 0.2) is 42.6 Å². The zero-order chi connectivity index (χ0) is 20.1. The normalized spacial score (nSPS) is 11.1. The molecule has 5 nitrogen and oxygen atoms in total. The van der Waals surface area contributed by atoms with Gasteiger partial charge in [-0.3, -0.25) is 4.79 Å². The van der Waals surface area contributed by atoms with Crippen molar-refractivity contribution in [3.63, 3.8) is 0 Å². The van der Waals surface area contributed by atoms with E-state index in [9.17, 15) is 18.0 Å². The Bertz CT molecular complexity index is 757. The number of alkyl halides is 3. The summed E-state index contributed by atoms with van der Waals surface area (Å²) in [4.78, 5) is 16.1. The van der Waals surface area contributed by atoms with Gasteiger partial charge in [-0.25, -0.2) is 4.98 Å². The van der Waals surface area contributed by atoms with E-state index in [1.54, 1.807) is 24.3 Å². The summed E-state index contributed by atoms with van der Waals surface area (Å²) in [5.74, 6) is 0.137. The molecule has 0 fully saturated rings. The molecule has 1 amide bonds. The molecule has 0 unspecified atom stereocenters. The molecule has 1 aromatic heterocycles. The molecule has 0 bridgehead atoms. The van der Waals surface area contributed by atoms with Crippen molar-refractivity contribution in [1.29, 1.82) is 0 Å². The summed E-state index contributed by atoms with van der Waals surface area (Å²) in [5, 5.41) is 2.96. The molecule has 0 aliphatic carbocycles. The van der Waals surface area contributed by atoms with Gasteiger partial charge in [0, 0.05) is 24.4 Å². The van der Waals surface area contributed by atoms with Crippen LogP contribution in [0.1, 0.15) is 42.6 Å². The molecule has 0 saturated heterocycles. The maximum absolute atomic E-state index is 12.5. The molecular formula is C19H24Cl2F3N3O2. The van der Waals surface area contributed by atoms with Crippen molar-refractivity contribution < 1.29 is 22.7 Å². The second-order valence-electron chi connectivity index (χ2n) is 6.15. The number of aromatic nitrogens is 1. The average Bonchev–Trinajstić information content (AvgIpc) is 2.66. The number of halogens is 5. The molecule has 0 spiro atoms. The van der Waals surface area contributed by atoms with Crippen LogP contribution in [-0.4, -0.2) is 23.0 Å². The van der Waals surface area contributed by atoms with E-state index in [2.05, 4.69) is 10.3 Å². The van der Waals surface area contributed by atoms with Crippen molar-refractivity contribution in [2.75, 3.05) is 6.54 Å². The number of nitrogens with two attached hydrogens (primary N) is 1. The Morgan fingerprint density at radius 1 is 1.07 bits per heavy atom. The predicted octanol–water partition coefficient (Wildman–Crippen LogP) is 4.98. The fraction of sp³-hybridized carbons (Fsp3) is 0.368. The Morgan fingerprint density at radius 2 is 1.66 bits per heavy atom. The predicted molar refractivity (Wildman–Crippen MR) is 110 cm³/mol. The van der Waals surface area contributed by atoms with Gasteiger partial charge < -0.3 is 15.8 Å². The smallest absolute Gasteiger partial charge is 0.417 e. The first-order valence-electron chi connectivity index (χ1n) is 8.56. The first kappa shape index (κ1) is 27.0. The fourth-order valence-corrected chi connectivity index (χ4v) is 2.48. The van der Waals surface area contributed by atoms with Crippen molar-refractivity contribution in [1.82, 2.24) is 10.3 Å². The monoisotopic (exact) mass is 453 g/mol. The van der Waals surface area contributed by atoms with E-state index in [1.807, 2.05) is 13.8 Å². The molecule has 1 heterocycles. The number of pyridine rings is 1. The van der Waals surface area contributed by atoms with Gasteiger partial charge in [0.1, 0.15) is 5.75 Å². The number of carbonyl (C=O) groups excluding carboxylic acids is 1. The highest BCUT2D eigenvalue weighted by Gasteiger charge is 2.30. The fourth-order valence-electron chi connectivity index (χ4n) is 2.48. The van der Waals surface area contributed by atoms with E-state index < -0.39 is 17.3 Å². The average molecular weight is 454 g/mol. The number of hydrogen-bond donors (Lipinski definition) is 2. The molecular weight excluding hydrogens is 430 g/mol. The number of hydrogen-bond acceptors (Lipinski definition) is 4. The lowest BCUT2D eigenvalue weighted by molar-refractivity contribution is -0.137. The molecule has 2 rings (SSSR count). The van der Waals surface area contributed by atoms with Crippen LogP contribution in [0.25, 0.3) is 0 Å². The van der Waals surface area contributed by atoms with Gasteiger partial charge in [0.2, 0.25) is 5.88 Å². The van der Waals surface area contributed by atoms with Crippen molar-refractivity contribution in [2.45, 2.75) is 38.4 Å². The summed E-state index contributed by atoms with van der Waals surface area (Å²) in [6.45, 7) is 4.27. The zero-order valence-electron chi connectivity index (χ0n) is 16.0. The Morgan fingerprint density at radius 3 is 2.07 bits per heavy atom. The molecule has 1 aromatic carbocycles. The number of carbonyl (C=O) groups is 1. The minimum Gasteiger partial charge on any atom is -0.439 e. The summed E-state index contributed by atoms with van der Waals surface area (Å²) < 4.78 is 43.0. The molecule has 0 radical (unpaired) electrons. The van der Waals surface area contributed by atoms with Crippen LogP contribution < -0.4 is 15.8 Å². The second kappa shape index (κ2) is 11.2. The SMILES string of the molecule is CCC(CC)(CN)NC(=O)c1ccc(Oc2ccc(C(F)(F)F)cn2)cc1.Cl.Cl. The van der Waals surface area contributed by atoms with Crippen LogP contribution in [0, 0.1) is 0 Å². The topological polar surface area (TPSA) is 77.2 Å². The lowest BCUT2D eigenvalue weighted by Crippen LogP contribution is -2.52. The largest absolute Gasteiger partial charge is 0.439 e. The lowest BCUT2D eigenvalue weighted by Gasteiger charge is -2.31. The summed E-state index contributed by atoms with van der Waals surface area (Å²) in [7, 11) is 0. The molecule has 0 atom stereocenters. The highest BCUT2D eigenvalue weighted by atomic mass is 35.5. The van der Waals surface area contributed by atoms with E-state index in [-0.39, 0.29) is 36.6 Å². The second-order valence-corrected chi connectivity index (χ2v) is 6.15. The molecule has 3 N–H and O–H groups in total. The summed E-state index contributed by atoms with van der Waals surface area (Å²) in [6, 6.07) is 8.28. The maximum atomic E-state index is 12.5. The molecule has 2 aromatic rings. The number of amides is 1. The van der Waals surface area contributed by atoms with Crippen molar-refractivity contribution in [3.05, 3.63) is 53.7 Å². The summed E-state index contributed by atoms with van der Waals surface area (Å²) >= 11 is 0. The highest BCUT2D eigenvalue weighted by Crippen LogP contribution is 2.30. The Kier molecular flexibility index (Phi) is 10.4. The van der Waals surface area contributed by atoms with Crippen LogP contribution in [0.3, 0.4) is 0 Å². The molecule has 162 valence electrons. The van der Waals surface area contributed by atoms with Crippen molar-refractivity contribution >= 4 is 30.7 Å². The quantitative estimate of drug-likeness (QED) is 0.619. The first-order valence-corrected chi connectivity index (χ1v) is 8.56. The minimum absolute atomic E-state index is 0. The maximum Gasteiger partial charge on any atom is 0.417 e. The van der Waals surface area contributed by atoms with Crippen molar-refractivity contribution in [2.24, 2.45) is 5.73 Å². The van der Waals surface area contributed by atoms with E-state index >= 15 is 0 Å². The number of benzene rings is 1. The minimum atomic E-state index is -4.45. The highest BCUT2D eigenvalue weighted by molar-refractivity contribution is 5.94. The van der Waals surface area contributed by atoms with Gasteiger partial charge in [-0.05, 0) is 43.2 Å². The molecule has 10 heteroatoms. The Balaban J connectivity index is 0.00000392. The van der Waals surface area contributed by atoms with Crippen LogP contribution in [0.5, 0.6) is 11.6 Å². The van der Waals surface area contributed by atoms with Gasteiger partial charge >= 0.3 is 6.18 Å². The van der Waals surface area contributed by atoms with Crippen LogP contribution >= 0.6 is 24.8 Å². The number of rotatable bonds is 7. The van der Waals surface area contributed by atoms with Gasteiger partial charge in [-0.15, -0.1) is 24.8 Å². The molecule has 0 aliphatic rings. The van der Waals surface area contributed by atoms with E-state index in [1.165, 1.54) is 0 Å². The molecule has 0 aliphatic heterocycles. The summed E-state index contributed by atoms with van der Waals surface area (Å²) in [6.07, 6.45) is -2.31. The standard InChI is InChI=1S/C19H22F3N3O2.2ClH/c1-3-18(4-2,12-23)25-17(26)13-5-8-15(9-6-13)27-16-10-7-14(11-24-16)19(20,21)22;;/h5-11H,3-4,12,23H2,1-2H3,(H,25,26);2*1H. The summed E-state index contributed by atoms with van der Waals surface area (Å²) in [5.41, 5.74) is 4.93. The van der Waals surface area contributed by atoms with Crippen LogP contribution in [0.4, 0.5) is 13.2 Å². The van der Waals surface area contributed by atoms with Gasteiger partial charge in [0.05, 0.1) is 11.1 Å². The van der Waals surface area contributed by atoms with Gasteiger partial charge in [-0.1, -0.05) is 13.8 Å². The number of ether oxygens (including phenoxy) is 1. The van der Waals surface area contributed by atoms with E-state index in [4.69, 9.17) is 10.5 Å². The number of nitrogens with one attached hydrogen (secondary N) is 1. The molecule has 29 heavy (non-hydrogen) atoms. The number of nitrogens with zero attached hydrogens (tertiary/aromatic N) is 1. The van der Waals surface area contributed by atoms with Crippen molar-refractivity contribution in [3.8, 4) is 11.6 Å². The lowest BCUT2D eigenvalue weighted by atomic mass is 9.92.